The number of benzene rings is 1. The first-order chi connectivity index (χ1) is 16.4. The van der Waals surface area contributed by atoms with E-state index in [2.05, 4.69) is 15.3 Å². The summed E-state index contributed by atoms with van der Waals surface area (Å²) in [6, 6.07) is 3.42. The van der Waals surface area contributed by atoms with Crippen LogP contribution in [0.5, 0.6) is 5.75 Å². The maximum absolute atomic E-state index is 13.4. The molecule has 1 aromatic carbocycles. The molecule has 0 radical (unpaired) electrons. The van der Waals surface area contributed by atoms with Crippen LogP contribution in [0, 0.1) is 12.8 Å². The lowest BCUT2D eigenvalue weighted by Gasteiger charge is -2.38. The maximum Gasteiger partial charge on any atom is 0.406 e. The molecule has 0 spiro atoms. The Morgan fingerprint density at radius 1 is 1.14 bits per heavy atom. The number of hydrogen-bond acceptors (Lipinski definition) is 5. The van der Waals surface area contributed by atoms with Gasteiger partial charge in [0, 0.05) is 18.3 Å². The van der Waals surface area contributed by atoms with Crippen molar-refractivity contribution in [2.45, 2.75) is 31.7 Å². The molecule has 1 aliphatic heterocycles. The average molecular weight is 502 g/mol. The van der Waals surface area contributed by atoms with E-state index in [1.54, 1.807) is 35.3 Å². The molecule has 0 unspecified atom stereocenters. The number of aromatic nitrogens is 5. The SMILES string of the molecule is COc1cc(-c2cn([C@@H]3C[C@H](C(F)(F)F)CN(CC(F)(F)F)C3=O)nn2)ccc1-n1cnc(C)c1. The monoisotopic (exact) mass is 502 g/mol. The number of imidazole rings is 1. The third-order valence-corrected chi connectivity index (χ3v) is 5.67. The number of nitrogens with zero attached hydrogens (tertiary/aromatic N) is 6. The Kier molecular flexibility index (Phi) is 6.23. The van der Waals surface area contributed by atoms with Crippen LogP contribution in [0.4, 0.5) is 26.3 Å². The van der Waals surface area contributed by atoms with E-state index in [4.69, 9.17) is 4.74 Å². The molecule has 35 heavy (non-hydrogen) atoms. The standard InChI is InChI=1S/C21H20F6N6O2/c1-12-7-32(11-28-12)16-4-3-13(5-18(16)35-2)15-9-33(30-29-15)17-6-14(21(25,26)27)8-31(19(17)34)10-20(22,23)24/h3-5,7,9,11,14,17H,6,8,10H2,1-2H3/t14-,17+/m0/s1. The van der Waals surface area contributed by atoms with Crippen molar-refractivity contribution in [1.82, 2.24) is 29.4 Å². The largest absolute Gasteiger partial charge is 0.495 e. The highest BCUT2D eigenvalue weighted by Crippen LogP contribution is 2.39. The van der Waals surface area contributed by atoms with Gasteiger partial charge in [0.25, 0.3) is 0 Å². The molecule has 14 heteroatoms. The minimum Gasteiger partial charge on any atom is -0.495 e. The van der Waals surface area contributed by atoms with E-state index in [0.717, 1.165) is 10.4 Å². The molecule has 0 saturated carbocycles. The number of likely N-dealkylation sites (tertiary alicyclic amines) is 1. The molecule has 1 saturated heterocycles. The van der Waals surface area contributed by atoms with Crippen LogP contribution in [0.15, 0.2) is 36.9 Å². The van der Waals surface area contributed by atoms with Crippen molar-refractivity contribution in [2.75, 3.05) is 20.2 Å². The van der Waals surface area contributed by atoms with E-state index < -0.39 is 49.7 Å². The van der Waals surface area contributed by atoms with Crippen LogP contribution in [-0.2, 0) is 4.79 Å². The second kappa shape index (κ2) is 8.89. The van der Waals surface area contributed by atoms with Gasteiger partial charge in [-0.15, -0.1) is 5.10 Å². The van der Waals surface area contributed by atoms with Gasteiger partial charge in [-0.05, 0) is 25.5 Å². The number of halogens is 6. The van der Waals surface area contributed by atoms with Crippen molar-refractivity contribution in [1.29, 1.82) is 0 Å². The van der Waals surface area contributed by atoms with E-state index in [1.807, 2.05) is 6.92 Å². The van der Waals surface area contributed by atoms with Gasteiger partial charge >= 0.3 is 12.4 Å². The number of aryl methyl sites for hydroxylation is 1. The van der Waals surface area contributed by atoms with Crippen LogP contribution in [-0.4, -0.2) is 67.9 Å². The smallest absolute Gasteiger partial charge is 0.406 e. The first kappa shape index (κ1) is 24.5. The highest BCUT2D eigenvalue weighted by molar-refractivity contribution is 5.81. The van der Waals surface area contributed by atoms with Crippen molar-refractivity contribution >= 4 is 5.91 Å². The molecule has 1 fully saturated rings. The van der Waals surface area contributed by atoms with Crippen LogP contribution in [0.1, 0.15) is 18.2 Å². The third kappa shape index (κ3) is 5.25. The maximum atomic E-state index is 13.4. The molecule has 3 heterocycles. The number of carbonyl (C=O) groups excluding carboxylic acids is 1. The van der Waals surface area contributed by atoms with E-state index in [0.29, 0.717) is 17.0 Å². The average Bonchev–Trinajstić information content (AvgIpc) is 3.42. The normalized spacial score (nSPS) is 19.3. The molecule has 1 amide bonds. The minimum absolute atomic E-state index is 0.179. The topological polar surface area (TPSA) is 78.1 Å². The zero-order valence-electron chi connectivity index (χ0n) is 18.5. The second-order valence-corrected chi connectivity index (χ2v) is 8.22. The van der Waals surface area contributed by atoms with E-state index in [-0.39, 0.29) is 10.6 Å². The second-order valence-electron chi connectivity index (χ2n) is 8.22. The predicted molar refractivity (Wildman–Crippen MR) is 110 cm³/mol. The summed E-state index contributed by atoms with van der Waals surface area (Å²) in [5.74, 6) is -2.78. The molecule has 4 rings (SSSR count). The molecule has 2 aromatic heterocycles. The lowest BCUT2D eigenvalue weighted by atomic mass is 9.93. The van der Waals surface area contributed by atoms with Gasteiger partial charge in [-0.3, -0.25) is 4.79 Å². The molecule has 188 valence electrons. The van der Waals surface area contributed by atoms with Crippen LogP contribution in [0.2, 0.25) is 0 Å². The highest BCUT2D eigenvalue weighted by Gasteiger charge is 2.50. The van der Waals surface area contributed by atoms with Crippen molar-refractivity contribution < 1.29 is 35.9 Å². The van der Waals surface area contributed by atoms with Gasteiger partial charge in [0.15, 0.2) is 0 Å². The van der Waals surface area contributed by atoms with Gasteiger partial charge in [-0.1, -0.05) is 11.3 Å². The van der Waals surface area contributed by atoms with Crippen LogP contribution >= 0.6 is 0 Å². The number of carbonyl (C=O) groups is 1. The first-order valence-corrected chi connectivity index (χ1v) is 10.4. The van der Waals surface area contributed by atoms with Crippen molar-refractivity contribution in [3.63, 3.8) is 0 Å². The summed E-state index contributed by atoms with van der Waals surface area (Å²) in [7, 11) is 1.45. The molecular formula is C21H20F6N6O2. The molecule has 0 aliphatic carbocycles. The first-order valence-electron chi connectivity index (χ1n) is 10.4. The number of ether oxygens (including phenoxy) is 1. The number of amides is 1. The molecule has 8 nitrogen and oxygen atoms in total. The van der Waals surface area contributed by atoms with Crippen LogP contribution < -0.4 is 4.74 Å². The van der Waals surface area contributed by atoms with E-state index in [1.165, 1.54) is 13.3 Å². The summed E-state index contributed by atoms with van der Waals surface area (Å²) >= 11 is 0. The number of piperidine rings is 1. The van der Waals surface area contributed by atoms with Gasteiger partial charge < -0.3 is 14.2 Å². The Hall–Kier alpha value is -3.58. The number of alkyl halides is 6. The summed E-state index contributed by atoms with van der Waals surface area (Å²) < 4.78 is 87.0. The van der Waals surface area contributed by atoms with E-state index >= 15 is 0 Å². The summed E-state index contributed by atoms with van der Waals surface area (Å²) in [5, 5.41) is 7.70. The molecule has 0 N–H and O–H groups in total. The molecule has 2 atom stereocenters. The minimum atomic E-state index is -4.84. The van der Waals surface area contributed by atoms with Gasteiger partial charge in [0.2, 0.25) is 5.91 Å². The molecule has 0 bridgehead atoms. The molecular weight excluding hydrogens is 482 g/mol. The number of rotatable bonds is 5. The lowest BCUT2D eigenvalue weighted by Crippen LogP contribution is -2.52. The third-order valence-electron chi connectivity index (χ3n) is 5.67. The molecule has 3 aromatic rings. The van der Waals surface area contributed by atoms with Crippen LogP contribution in [0.25, 0.3) is 16.9 Å². The zero-order chi connectivity index (χ0) is 25.5. The Morgan fingerprint density at radius 3 is 2.49 bits per heavy atom. The Bertz CT molecular complexity index is 1220. The quantitative estimate of drug-likeness (QED) is 0.494. The van der Waals surface area contributed by atoms with Gasteiger partial charge in [0.1, 0.15) is 24.0 Å². The highest BCUT2D eigenvalue weighted by atomic mass is 19.4. The fourth-order valence-corrected chi connectivity index (χ4v) is 3.99. The molecule has 1 aliphatic rings. The number of hydrogen-bond donors (Lipinski definition) is 0. The van der Waals surface area contributed by atoms with Crippen molar-refractivity contribution in [3.8, 4) is 22.7 Å². The lowest BCUT2D eigenvalue weighted by molar-refractivity contribution is -0.205. The zero-order valence-corrected chi connectivity index (χ0v) is 18.5. The fraction of sp³-hybridized carbons (Fsp3) is 0.429. The fourth-order valence-electron chi connectivity index (χ4n) is 3.99. The number of methoxy groups -OCH3 is 1. The predicted octanol–water partition coefficient (Wildman–Crippen LogP) is 3.96. The Morgan fingerprint density at radius 2 is 1.89 bits per heavy atom. The summed E-state index contributed by atoms with van der Waals surface area (Å²) in [6.45, 7) is -1.02. The summed E-state index contributed by atoms with van der Waals surface area (Å²) in [6.07, 6.45) is -5.73. The summed E-state index contributed by atoms with van der Waals surface area (Å²) in [4.78, 5) is 17.0. The van der Waals surface area contributed by atoms with Gasteiger partial charge in [0.05, 0.1) is 36.9 Å². The van der Waals surface area contributed by atoms with Gasteiger partial charge in [-0.25, -0.2) is 9.67 Å². The Labute approximate surface area is 195 Å². The van der Waals surface area contributed by atoms with Crippen LogP contribution in [0.3, 0.4) is 0 Å². The van der Waals surface area contributed by atoms with Gasteiger partial charge in [-0.2, -0.15) is 26.3 Å². The van der Waals surface area contributed by atoms with Crippen molar-refractivity contribution in [3.05, 3.63) is 42.6 Å². The van der Waals surface area contributed by atoms with E-state index in [9.17, 15) is 31.1 Å². The van der Waals surface area contributed by atoms with Crippen molar-refractivity contribution in [2.24, 2.45) is 5.92 Å². The summed E-state index contributed by atoms with van der Waals surface area (Å²) in [5.41, 5.74) is 2.15. The Balaban J connectivity index is 1.64.